The number of hydrogen-bond acceptors (Lipinski definition) is 3. The second kappa shape index (κ2) is 6.06. The summed E-state index contributed by atoms with van der Waals surface area (Å²) in [5, 5.41) is 0. The van der Waals surface area contributed by atoms with E-state index >= 15 is 0 Å². The van der Waals surface area contributed by atoms with Gasteiger partial charge in [0, 0.05) is 32.2 Å². The molecular weight excluding hydrogens is 264 g/mol. The molecule has 4 heteroatoms. The maximum absolute atomic E-state index is 12.4. The lowest BCUT2D eigenvalue weighted by molar-refractivity contribution is -0.132. The second-order valence-electron chi connectivity index (χ2n) is 6.13. The Kier molecular flexibility index (Phi) is 4.15. The fourth-order valence-corrected chi connectivity index (χ4v) is 3.04. The summed E-state index contributed by atoms with van der Waals surface area (Å²) in [4.78, 5) is 16.9. The monoisotopic (exact) mass is 288 g/mol. The first-order valence-electron chi connectivity index (χ1n) is 7.82. The summed E-state index contributed by atoms with van der Waals surface area (Å²) < 4.78 is 5.33. The van der Waals surface area contributed by atoms with Gasteiger partial charge in [-0.2, -0.15) is 0 Å². The van der Waals surface area contributed by atoms with Gasteiger partial charge in [0.15, 0.2) is 0 Å². The van der Waals surface area contributed by atoms with Crippen LogP contribution in [0, 0.1) is 6.92 Å². The number of carbonyl (C=O) groups is 1. The van der Waals surface area contributed by atoms with Gasteiger partial charge in [-0.05, 0) is 37.0 Å². The third-order valence-corrected chi connectivity index (χ3v) is 4.56. The van der Waals surface area contributed by atoms with Crippen LogP contribution in [-0.4, -0.2) is 55.0 Å². The number of ether oxygens (including phenoxy) is 1. The minimum absolute atomic E-state index is 0.233. The van der Waals surface area contributed by atoms with E-state index < -0.39 is 0 Å². The van der Waals surface area contributed by atoms with Crippen LogP contribution >= 0.6 is 0 Å². The number of piperazine rings is 1. The minimum Gasteiger partial charge on any atom is -0.496 e. The standard InChI is InChI=1S/C17H24N2O2/c1-13-3-4-14(11-16(13)21-2)12-17(20)19-9-7-18(8-10-19)15-5-6-15/h3-4,11,15H,5-10,12H2,1-2H3. The Morgan fingerprint density at radius 1 is 1.24 bits per heavy atom. The maximum atomic E-state index is 12.4. The van der Waals surface area contributed by atoms with Crippen molar-refractivity contribution in [2.45, 2.75) is 32.2 Å². The molecule has 0 spiro atoms. The molecule has 3 rings (SSSR count). The highest BCUT2D eigenvalue weighted by atomic mass is 16.5. The van der Waals surface area contributed by atoms with Crippen LogP contribution in [0.3, 0.4) is 0 Å². The molecule has 1 saturated carbocycles. The largest absolute Gasteiger partial charge is 0.496 e. The van der Waals surface area contributed by atoms with Crippen LogP contribution < -0.4 is 4.74 Å². The Labute approximate surface area is 126 Å². The summed E-state index contributed by atoms with van der Waals surface area (Å²) in [6, 6.07) is 6.83. The highest BCUT2D eigenvalue weighted by molar-refractivity contribution is 5.79. The predicted octanol–water partition coefficient (Wildman–Crippen LogP) is 1.85. The first-order chi connectivity index (χ1) is 10.2. The van der Waals surface area contributed by atoms with Crippen LogP contribution in [-0.2, 0) is 11.2 Å². The van der Waals surface area contributed by atoms with Crippen molar-refractivity contribution in [2.24, 2.45) is 0 Å². The molecule has 4 nitrogen and oxygen atoms in total. The molecule has 2 fully saturated rings. The molecule has 0 aromatic heterocycles. The van der Waals surface area contributed by atoms with Gasteiger partial charge in [-0.15, -0.1) is 0 Å². The Morgan fingerprint density at radius 2 is 1.95 bits per heavy atom. The lowest BCUT2D eigenvalue weighted by Crippen LogP contribution is -2.49. The first kappa shape index (κ1) is 14.4. The Hall–Kier alpha value is -1.55. The van der Waals surface area contributed by atoms with Crippen molar-refractivity contribution in [3.05, 3.63) is 29.3 Å². The molecular formula is C17H24N2O2. The van der Waals surface area contributed by atoms with E-state index in [4.69, 9.17) is 4.74 Å². The van der Waals surface area contributed by atoms with E-state index in [0.717, 1.165) is 49.1 Å². The van der Waals surface area contributed by atoms with Crippen molar-refractivity contribution in [1.29, 1.82) is 0 Å². The molecule has 114 valence electrons. The fraction of sp³-hybridized carbons (Fsp3) is 0.588. The molecule has 2 aliphatic rings. The molecule has 1 saturated heterocycles. The van der Waals surface area contributed by atoms with Crippen LogP contribution in [0.1, 0.15) is 24.0 Å². The van der Waals surface area contributed by atoms with Gasteiger partial charge in [0.2, 0.25) is 5.91 Å². The van der Waals surface area contributed by atoms with Gasteiger partial charge in [0.25, 0.3) is 0 Å². The summed E-state index contributed by atoms with van der Waals surface area (Å²) in [7, 11) is 1.67. The molecule has 1 aromatic rings. The number of amides is 1. The average molecular weight is 288 g/mol. The van der Waals surface area contributed by atoms with Gasteiger partial charge in [-0.25, -0.2) is 0 Å². The van der Waals surface area contributed by atoms with Crippen molar-refractivity contribution >= 4 is 5.91 Å². The molecule has 0 bridgehead atoms. The van der Waals surface area contributed by atoms with Crippen molar-refractivity contribution < 1.29 is 9.53 Å². The number of nitrogens with zero attached hydrogens (tertiary/aromatic N) is 2. The van der Waals surface area contributed by atoms with Gasteiger partial charge in [0.1, 0.15) is 5.75 Å². The number of benzene rings is 1. The molecule has 1 heterocycles. The summed E-state index contributed by atoms with van der Waals surface area (Å²) in [6.45, 7) is 5.83. The highest BCUT2D eigenvalue weighted by Crippen LogP contribution is 2.27. The normalized spacial score (nSPS) is 19.6. The topological polar surface area (TPSA) is 32.8 Å². The molecule has 0 unspecified atom stereocenters. The lowest BCUT2D eigenvalue weighted by atomic mass is 10.1. The van der Waals surface area contributed by atoms with Gasteiger partial charge >= 0.3 is 0 Å². The first-order valence-corrected chi connectivity index (χ1v) is 7.82. The summed E-state index contributed by atoms with van der Waals surface area (Å²) >= 11 is 0. The van der Waals surface area contributed by atoms with E-state index in [1.54, 1.807) is 7.11 Å². The molecule has 0 atom stereocenters. The third-order valence-electron chi connectivity index (χ3n) is 4.56. The molecule has 0 N–H and O–H groups in total. The van der Waals surface area contributed by atoms with Crippen LogP contribution in [0.5, 0.6) is 5.75 Å². The van der Waals surface area contributed by atoms with Crippen molar-refractivity contribution in [2.75, 3.05) is 33.3 Å². The van der Waals surface area contributed by atoms with Crippen molar-refractivity contribution in [1.82, 2.24) is 9.80 Å². The lowest BCUT2D eigenvalue weighted by Gasteiger charge is -2.35. The number of hydrogen-bond donors (Lipinski definition) is 0. The molecule has 1 amide bonds. The number of methoxy groups -OCH3 is 1. The SMILES string of the molecule is COc1cc(CC(=O)N2CCN(C3CC3)CC2)ccc1C. The quantitative estimate of drug-likeness (QED) is 0.848. The Balaban J connectivity index is 1.56. The summed E-state index contributed by atoms with van der Waals surface area (Å²) in [5.41, 5.74) is 2.14. The van der Waals surface area contributed by atoms with E-state index in [1.165, 1.54) is 12.8 Å². The minimum atomic E-state index is 0.233. The highest BCUT2D eigenvalue weighted by Gasteiger charge is 2.32. The Morgan fingerprint density at radius 3 is 2.57 bits per heavy atom. The van der Waals surface area contributed by atoms with Gasteiger partial charge in [-0.1, -0.05) is 12.1 Å². The fourth-order valence-electron chi connectivity index (χ4n) is 3.04. The van der Waals surface area contributed by atoms with Gasteiger partial charge < -0.3 is 9.64 Å². The van der Waals surface area contributed by atoms with Crippen molar-refractivity contribution in [3.63, 3.8) is 0 Å². The van der Waals surface area contributed by atoms with E-state index in [0.29, 0.717) is 6.42 Å². The average Bonchev–Trinajstić information content (AvgIpc) is 3.34. The molecule has 1 aromatic carbocycles. The second-order valence-corrected chi connectivity index (χ2v) is 6.13. The zero-order valence-electron chi connectivity index (χ0n) is 13.0. The predicted molar refractivity (Wildman–Crippen MR) is 82.6 cm³/mol. The van der Waals surface area contributed by atoms with E-state index in [-0.39, 0.29) is 5.91 Å². The number of rotatable bonds is 4. The zero-order valence-corrected chi connectivity index (χ0v) is 13.0. The van der Waals surface area contributed by atoms with Crippen molar-refractivity contribution in [3.8, 4) is 5.75 Å². The summed E-state index contributed by atoms with van der Waals surface area (Å²) in [6.07, 6.45) is 3.16. The van der Waals surface area contributed by atoms with Crippen LogP contribution in [0.25, 0.3) is 0 Å². The maximum Gasteiger partial charge on any atom is 0.227 e. The number of carbonyl (C=O) groups excluding carboxylic acids is 1. The van der Waals surface area contributed by atoms with Gasteiger partial charge in [-0.3, -0.25) is 9.69 Å². The van der Waals surface area contributed by atoms with Crippen LogP contribution in [0.4, 0.5) is 0 Å². The van der Waals surface area contributed by atoms with Gasteiger partial charge in [0.05, 0.1) is 13.5 Å². The molecule has 21 heavy (non-hydrogen) atoms. The third kappa shape index (κ3) is 3.38. The molecule has 1 aliphatic heterocycles. The summed E-state index contributed by atoms with van der Waals surface area (Å²) in [5.74, 6) is 1.09. The smallest absolute Gasteiger partial charge is 0.227 e. The number of aryl methyl sites for hydroxylation is 1. The van der Waals surface area contributed by atoms with E-state index in [1.807, 2.05) is 30.0 Å². The van der Waals surface area contributed by atoms with E-state index in [9.17, 15) is 4.79 Å². The van der Waals surface area contributed by atoms with Crippen LogP contribution in [0.15, 0.2) is 18.2 Å². The molecule has 1 aliphatic carbocycles. The van der Waals surface area contributed by atoms with E-state index in [2.05, 4.69) is 4.90 Å². The Bertz CT molecular complexity index is 518. The molecule has 0 radical (unpaired) electrons. The zero-order chi connectivity index (χ0) is 14.8. The van der Waals surface area contributed by atoms with Crippen LogP contribution in [0.2, 0.25) is 0 Å².